The number of phenolic OH excluding ortho intramolecular Hbond substituents is 1. The van der Waals surface area contributed by atoms with Crippen LogP contribution < -0.4 is 4.74 Å². The molecular weight excluding hydrogens is 164 g/mol. The lowest BCUT2D eigenvalue weighted by atomic mass is 10.0. The molecule has 0 radical (unpaired) electrons. The van der Waals surface area contributed by atoms with E-state index in [0.29, 0.717) is 5.75 Å². The fraction of sp³-hybridized carbons (Fsp3) is 0.455. The van der Waals surface area contributed by atoms with E-state index >= 15 is 0 Å². The lowest BCUT2D eigenvalue weighted by molar-refractivity contribution is 0.368. The van der Waals surface area contributed by atoms with Crippen molar-refractivity contribution in [3.05, 3.63) is 22.8 Å². The van der Waals surface area contributed by atoms with Gasteiger partial charge in [-0.05, 0) is 37.0 Å². The van der Waals surface area contributed by atoms with E-state index in [0.717, 1.165) is 17.5 Å². The average Bonchev–Trinajstić information content (AvgIpc) is 2.12. The van der Waals surface area contributed by atoms with Crippen LogP contribution in [0.2, 0.25) is 0 Å². The van der Waals surface area contributed by atoms with Crippen LogP contribution in [0.1, 0.15) is 23.6 Å². The summed E-state index contributed by atoms with van der Waals surface area (Å²) in [5.74, 6) is 0.869. The van der Waals surface area contributed by atoms with Crippen LogP contribution in [0.25, 0.3) is 0 Å². The molecule has 0 saturated carbocycles. The van der Waals surface area contributed by atoms with Crippen molar-refractivity contribution in [2.45, 2.75) is 27.2 Å². The molecule has 0 amide bonds. The highest BCUT2D eigenvalue weighted by molar-refractivity contribution is 5.53. The summed E-state index contributed by atoms with van der Waals surface area (Å²) in [5, 5.41) is 9.77. The van der Waals surface area contributed by atoms with Crippen molar-refractivity contribution in [2.24, 2.45) is 0 Å². The molecule has 0 saturated heterocycles. The fourth-order valence-electron chi connectivity index (χ4n) is 1.57. The Morgan fingerprint density at radius 1 is 1.38 bits per heavy atom. The Labute approximate surface area is 79.2 Å². The highest BCUT2D eigenvalue weighted by Crippen LogP contribution is 2.35. The number of phenols is 1. The molecule has 13 heavy (non-hydrogen) atoms. The Morgan fingerprint density at radius 2 is 2.00 bits per heavy atom. The first-order valence-corrected chi connectivity index (χ1v) is 4.47. The third-order valence-electron chi connectivity index (χ3n) is 2.39. The molecule has 0 aliphatic carbocycles. The molecule has 1 aromatic rings. The number of aromatic hydroxyl groups is 1. The zero-order chi connectivity index (χ0) is 10.0. The first-order valence-electron chi connectivity index (χ1n) is 4.47. The zero-order valence-corrected chi connectivity index (χ0v) is 8.64. The van der Waals surface area contributed by atoms with E-state index in [4.69, 9.17) is 4.74 Å². The van der Waals surface area contributed by atoms with Crippen molar-refractivity contribution >= 4 is 0 Å². The van der Waals surface area contributed by atoms with Gasteiger partial charge in [0.1, 0.15) is 0 Å². The van der Waals surface area contributed by atoms with Gasteiger partial charge in [0, 0.05) is 0 Å². The number of methoxy groups -OCH3 is 1. The first-order chi connectivity index (χ1) is 6.11. The second-order valence-corrected chi connectivity index (χ2v) is 3.21. The Balaban J connectivity index is 3.37. The molecule has 1 aromatic carbocycles. The van der Waals surface area contributed by atoms with Crippen LogP contribution in [-0.4, -0.2) is 12.2 Å². The number of benzene rings is 1. The predicted molar refractivity (Wildman–Crippen MR) is 53.5 cm³/mol. The van der Waals surface area contributed by atoms with Crippen LogP contribution >= 0.6 is 0 Å². The summed E-state index contributed by atoms with van der Waals surface area (Å²) in [6.45, 7) is 5.93. The van der Waals surface area contributed by atoms with Gasteiger partial charge in [0.25, 0.3) is 0 Å². The average molecular weight is 180 g/mol. The van der Waals surface area contributed by atoms with Crippen LogP contribution in [0.4, 0.5) is 0 Å². The van der Waals surface area contributed by atoms with Crippen molar-refractivity contribution in [2.75, 3.05) is 7.11 Å². The van der Waals surface area contributed by atoms with Crippen LogP contribution in [0.3, 0.4) is 0 Å². The number of ether oxygens (including phenoxy) is 1. The highest BCUT2D eigenvalue weighted by atomic mass is 16.5. The number of aryl methyl sites for hydroxylation is 2. The quantitative estimate of drug-likeness (QED) is 0.758. The summed E-state index contributed by atoms with van der Waals surface area (Å²) in [6.07, 6.45) is 0.935. The molecule has 2 nitrogen and oxygen atoms in total. The molecule has 0 aliphatic rings. The SMILES string of the molecule is CCc1cc(C)c(OC)c(O)c1C. The van der Waals surface area contributed by atoms with Gasteiger partial charge in [0.05, 0.1) is 7.11 Å². The predicted octanol–water partition coefficient (Wildman–Crippen LogP) is 2.58. The smallest absolute Gasteiger partial charge is 0.163 e. The molecule has 0 fully saturated rings. The number of rotatable bonds is 2. The summed E-state index contributed by atoms with van der Waals surface area (Å²) in [7, 11) is 1.58. The second kappa shape index (κ2) is 3.69. The van der Waals surface area contributed by atoms with Gasteiger partial charge >= 0.3 is 0 Å². The summed E-state index contributed by atoms with van der Waals surface area (Å²) in [6, 6.07) is 2.06. The molecule has 1 N–H and O–H groups in total. The minimum absolute atomic E-state index is 0.277. The maximum Gasteiger partial charge on any atom is 0.163 e. The minimum atomic E-state index is 0.277. The van der Waals surface area contributed by atoms with E-state index in [1.54, 1.807) is 7.11 Å². The molecule has 0 bridgehead atoms. The van der Waals surface area contributed by atoms with Gasteiger partial charge in [-0.1, -0.05) is 13.0 Å². The summed E-state index contributed by atoms with van der Waals surface area (Å²) in [5.41, 5.74) is 3.09. The maximum absolute atomic E-state index is 9.77. The van der Waals surface area contributed by atoms with Gasteiger partial charge in [0.2, 0.25) is 0 Å². The van der Waals surface area contributed by atoms with E-state index < -0.39 is 0 Å². The van der Waals surface area contributed by atoms with E-state index in [2.05, 4.69) is 13.0 Å². The summed E-state index contributed by atoms with van der Waals surface area (Å²) >= 11 is 0. The standard InChI is InChI=1S/C11H16O2/c1-5-9-6-7(2)11(13-4)10(12)8(9)3/h6,12H,5H2,1-4H3. The van der Waals surface area contributed by atoms with Gasteiger partial charge < -0.3 is 9.84 Å². The van der Waals surface area contributed by atoms with Gasteiger partial charge in [-0.25, -0.2) is 0 Å². The van der Waals surface area contributed by atoms with Crippen LogP contribution in [-0.2, 0) is 6.42 Å². The van der Waals surface area contributed by atoms with E-state index in [1.807, 2.05) is 13.8 Å². The Kier molecular flexibility index (Phi) is 2.81. The second-order valence-electron chi connectivity index (χ2n) is 3.21. The molecular formula is C11H16O2. The van der Waals surface area contributed by atoms with Gasteiger partial charge in [-0.15, -0.1) is 0 Å². The topological polar surface area (TPSA) is 29.5 Å². The first kappa shape index (κ1) is 9.90. The lowest BCUT2D eigenvalue weighted by Gasteiger charge is -2.12. The van der Waals surface area contributed by atoms with Crippen molar-refractivity contribution in [1.82, 2.24) is 0 Å². The summed E-state index contributed by atoms with van der Waals surface area (Å²) in [4.78, 5) is 0. The molecule has 0 heterocycles. The molecule has 0 aliphatic heterocycles. The molecule has 2 heteroatoms. The molecule has 0 atom stereocenters. The van der Waals surface area contributed by atoms with E-state index in [9.17, 15) is 5.11 Å². The van der Waals surface area contributed by atoms with E-state index in [-0.39, 0.29) is 5.75 Å². The maximum atomic E-state index is 9.77. The molecule has 72 valence electrons. The van der Waals surface area contributed by atoms with Crippen molar-refractivity contribution in [1.29, 1.82) is 0 Å². The van der Waals surface area contributed by atoms with Gasteiger partial charge in [-0.2, -0.15) is 0 Å². The normalized spacial score (nSPS) is 10.2. The van der Waals surface area contributed by atoms with Crippen molar-refractivity contribution in [3.63, 3.8) is 0 Å². The minimum Gasteiger partial charge on any atom is -0.504 e. The Morgan fingerprint density at radius 3 is 2.46 bits per heavy atom. The zero-order valence-electron chi connectivity index (χ0n) is 8.64. The lowest BCUT2D eigenvalue weighted by Crippen LogP contribution is -1.94. The monoisotopic (exact) mass is 180 g/mol. The van der Waals surface area contributed by atoms with Crippen molar-refractivity contribution in [3.8, 4) is 11.5 Å². The molecule has 0 unspecified atom stereocenters. The Hall–Kier alpha value is -1.18. The largest absolute Gasteiger partial charge is 0.504 e. The third-order valence-corrected chi connectivity index (χ3v) is 2.39. The van der Waals surface area contributed by atoms with Crippen molar-refractivity contribution < 1.29 is 9.84 Å². The molecule has 0 aromatic heterocycles. The van der Waals surface area contributed by atoms with E-state index in [1.165, 1.54) is 5.56 Å². The van der Waals surface area contributed by atoms with Crippen LogP contribution in [0.15, 0.2) is 6.07 Å². The number of hydrogen-bond donors (Lipinski definition) is 1. The fourth-order valence-corrected chi connectivity index (χ4v) is 1.57. The highest BCUT2D eigenvalue weighted by Gasteiger charge is 2.11. The number of hydrogen-bond acceptors (Lipinski definition) is 2. The van der Waals surface area contributed by atoms with Crippen LogP contribution in [0.5, 0.6) is 11.5 Å². The van der Waals surface area contributed by atoms with Crippen LogP contribution in [0, 0.1) is 13.8 Å². The van der Waals surface area contributed by atoms with Gasteiger partial charge in [-0.3, -0.25) is 0 Å². The third kappa shape index (κ3) is 1.62. The molecule has 0 spiro atoms. The summed E-state index contributed by atoms with van der Waals surface area (Å²) < 4.78 is 5.11. The Bertz CT molecular complexity index is 316. The van der Waals surface area contributed by atoms with Gasteiger partial charge in [0.15, 0.2) is 11.5 Å². The molecule has 1 rings (SSSR count).